The Balaban J connectivity index is 3.53. The third kappa shape index (κ3) is 1.61. The highest BCUT2D eigenvalue weighted by Crippen LogP contribution is 2.14. The van der Waals surface area contributed by atoms with Crippen LogP contribution in [0.25, 0.3) is 0 Å². The number of sulfone groups is 1. The molecule has 0 N–H and O–H groups in total. The van der Waals surface area contributed by atoms with Crippen molar-refractivity contribution < 1.29 is 8.42 Å². The van der Waals surface area contributed by atoms with Crippen LogP contribution in [0.1, 0.15) is 11.4 Å². The summed E-state index contributed by atoms with van der Waals surface area (Å²) in [6, 6.07) is 0. The van der Waals surface area contributed by atoms with Gasteiger partial charge in [0.1, 0.15) is 11.2 Å². The van der Waals surface area contributed by atoms with Crippen LogP contribution in [0.15, 0.2) is 11.2 Å². The van der Waals surface area contributed by atoms with Gasteiger partial charge in [0.05, 0.1) is 11.4 Å². The van der Waals surface area contributed by atoms with E-state index in [1.54, 1.807) is 13.8 Å². The minimum Gasteiger partial charge on any atom is -0.240 e. The molecule has 0 atom stereocenters. The molecule has 0 amide bonds. The molecule has 4 nitrogen and oxygen atoms in total. The second-order valence-corrected chi connectivity index (χ2v) is 4.60. The molecule has 0 saturated heterocycles. The van der Waals surface area contributed by atoms with E-state index in [1.165, 1.54) is 6.33 Å². The topological polar surface area (TPSA) is 59.9 Å². The smallest absolute Gasteiger partial charge is 0.179 e. The maximum absolute atomic E-state index is 11.2. The Morgan fingerprint density at radius 3 is 1.83 bits per heavy atom. The zero-order valence-corrected chi connectivity index (χ0v) is 8.01. The molecule has 0 unspecified atom stereocenters. The summed E-state index contributed by atoms with van der Waals surface area (Å²) in [6.45, 7) is 3.32. The fourth-order valence-corrected chi connectivity index (χ4v) is 2.30. The van der Waals surface area contributed by atoms with Gasteiger partial charge in [0.25, 0.3) is 0 Å². The molecule has 5 heteroatoms. The van der Waals surface area contributed by atoms with Crippen LogP contribution in [0.4, 0.5) is 0 Å². The molecule has 0 radical (unpaired) electrons. The molecule has 1 aromatic heterocycles. The minimum atomic E-state index is -3.19. The summed E-state index contributed by atoms with van der Waals surface area (Å²) < 4.78 is 22.4. The van der Waals surface area contributed by atoms with Crippen molar-refractivity contribution in [3.05, 3.63) is 17.7 Å². The van der Waals surface area contributed by atoms with Crippen LogP contribution in [-0.4, -0.2) is 24.6 Å². The van der Waals surface area contributed by atoms with Crippen LogP contribution in [0.2, 0.25) is 0 Å². The Morgan fingerprint density at radius 1 is 1.17 bits per heavy atom. The van der Waals surface area contributed by atoms with Crippen LogP contribution in [0.3, 0.4) is 0 Å². The van der Waals surface area contributed by atoms with Crippen molar-refractivity contribution in [1.29, 1.82) is 0 Å². The van der Waals surface area contributed by atoms with E-state index in [0.29, 0.717) is 11.4 Å². The standard InChI is InChI=1S/C7H10N2O2S/c1-5-7(12(3,10)11)6(2)9-4-8-5/h4H,1-3H3. The van der Waals surface area contributed by atoms with Crippen molar-refractivity contribution in [2.24, 2.45) is 0 Å². The molecule has 0 bridgehead atoms. The van der Waals surface area contributed by atoms with E-state index in [9.17, 15) is 8.42 Å². The predicted octanol–water partition coefficient (Wildman–Crippen LogP) is 0.497. The zero-order chi connectivity index (χ0) is 9.35. The second-order valence-electron chi connectivity index (χ2n) is 2.65. The molecule has 0 aliphatic carbocycles. The van der Waals surface area contributed by atoms with E-state index in [2.05, 4.69) is 9.97 Å². The number of rotatable bonds is 1. The third-order valence-electron chi connectivity index (χ3n) is 1.53. The fraction of sp³-hybridized carbons (Fsp3) is 0.429. The van der Waals surface area contributed by atoms with Gasteiger partial charge in [0.15, 0.2) is 9.84 Å². The average Bonchev–Trinajstić information content (AvgIpc) is 1.82. The van der Waals surface area contributed by atoms with Gasteiger partial charge in [0, 0.05) is 6.26 Å². The van der Waals surface area contributed by atoms with Crippen molar-refractivity contribution in [3.8, 4) is 0 Å². The Bertz CT molecular complexity index is 378. The van der Waals surface area contributed by atoms with E-state index in [4.69, 9.17) is 0 Å². The number of nitrogens with zero attached hydrogens (tertiary/aromatic N) is 2. The Hall–Kier alpha value is -0.970. The number of hydrogen-bond donors (Lipinski definition) is 0. The molecular weight excluding hydrogens is 176 g/mol. The molecule has 0 aliphatic rings. The van der Waals surface area contributed by atoms with Crippen molar-refractivity contribution >= 4 is 9.84 Å². The van der Waals surface area contributed by atoms with Crippen LogP contribution in [0, 0.1) is 13.8 Å². The van der Waals surface area contributed by atoms with Gasteiger partial charge in [-0.2, -0.15) is 0 Å². The summed E-state index contributed by atoms with van der Waals surface area (Å²) in [5, 5.41) is 0. The summed E-state index contributed by atoms with van der Waals surface area (Å²) in [5.41, 5.74) is 1.01. The molecule has 12 heavy (non-hydrogen) atoms. The lowest BCUT2D eigenvalue weighted by molar-refractivity contribution is 0.599. The number of aryl methyl sites for hydroxylation is 2. The van der Waals surface area contributed by atoms with Gasteiger partial charge in [-0.3, -0.25) is 0 Å². The monoisotopic (exact) mass is 186 g/mol. The normalized spacial score (nSPS) is 11.6. The van der Waals surface area contributed by atoms with E-state index < -0.39 is 9.84 Å². The fourth-order valence-electron chi connectivity index (χ4n) is 1.12. The first-order valence-electron chi connectivity index (χ1n) is 3.41. The summed E-state index contributed by atoms with van der Waals surface area (Å²) >= 11 is 0. The van der Waals surface area contributed by atoms with Crippen LogP contribution >= 0.6 is 0 Å². The van der Waals surface area contributed by atoms with Gasteiger partial charge in [0.2, 0.25) is 0 Å². The Morgan fingerprint density at radius 2 is 1.58 bits per heavy atom. The first kappa shape index (κ1) is 9.12. The second kappa shape index (κ2) is 2.82. The van der Waals surface area contributed by atoms with Crippen LogP contribution in [-0.2, 0) is 9.84 Å². The van der Waals surface area contributed by atoms with Crippen molar-refractivity contribution in [2.45, 2.75) is 18.7 Å². The highest BCUT2D eigenvalue weighted by molar-refractivity contribution is 7.90. The molecule has 0 fully saturated rings. The summed E-state index contributed by atoms with van der Waals surface area (Å²) in [7, 11) is -3.19. The quantitative estimate of drug-likeness (QED) is 0.640. The van der Waals surface area contributed by atoms with E-state index in [0.717, 1.165) is 6.26 Å². The summed E-state index contributed by atoms with van der Waals surface area (Å²) in [6.07, 6.45) is 2.52. The molecule has 1 aromatic rings. The Kier molecular flexibility index (Phi) is 2.14. The molecular formula is C7H10N2O2S. The first-order chi connectivity index (χ1) is 5.43. The molecule has 0 aromatic carbocycles. The van der Waals surface area contributed by atoms with Gasteiger partial charge in [-0.25, -0.2) is 18.4 Å². The predicted molar refractivity (Wildman–Crippen MR) is 44.6 cm³/mol. The van der Waals surface area contributed by atoms with Crippen LogP contribution in [0.5, 0.6) is 0 Å². The van der Waals surface area contributed by atoms with Crippen molar-refractivity contribution in [2.75, 3.05) is 6.26 Å². The number of hydrogen-bond acceptors (Lipinski definition) is 4. The van der Waals surface area contributed by atoms with Gasteiger partial charge in [-0.15, -0.1) is 0 Å². The lowest BCUT2D eigenvalue weighted by atomic mass is 10.4. The average molecular weight is 186 g/mol. The SMILES string of the molecule is Cc1ncnc(C)c1S(C)(=O)=O. The largest absolute Gasteiger partial charge is 0.240 e. The van der Waals surface area contributed by atoms with Crippen molar-refractivity contribution in [1.82, 2.24) is 9.97 Å². The van der Waals surface area contributed by atoms with E-state index >= 15 is 0 Å². The highest BCUT2D eigenvalue weighted by Gasteiger charge is 2.14. The number of aromatic nitrogens is 2. The maximum atomic E-state index is 11.2. The third-order valence-corrected chi connectivity index (χ3v) is 2.86. The molecule has 0 saturated carbocycles. The van der Waals surface area contributed by atoms with Gasteiger partial charge >= 0.3 is 0 Å². The lowest BCUT2D eigenvalue weighted by Crippen LogP contribution is -2.05. The summed E-state index contributed by atoms with van der Waals surface area (Å²) in [4.78, 5) is 7.87. The lowest BCUT2D eigenvalue weighted by Gasteiger charge is -2.03. The van der Waals surface area contributed by atoms with E-state index in [1.807, 2.05) is 0 Å². The molecule has 66 valence electrons. The molecule has 1 rings (SSSR count). The first-order valence-corrected chi connectivity index (χ1v) is 5.30. The maximum Gasteiger partial charge on any atom is 0.179 e. The molecule has 0 spiro atoms. The Labute approximate surface area is 71.6 Å². The minimum absolute atomic E-state index is 0.241. The van der Waals surface area contributed by atoms with E-state index in [-0.39, 0.29) is 4.90 Å². The molecule has 1 heterocycles. The zero-order valence-electron chi connectivity index (χ0n) is 7.20. The van der Waals surface area contributed by atoms with Gasteiger partial charge in [-0.1, -0.05) is 0 Å². The highest BCUT2D eigenvalue weighted by atomic mass is 32.2. The summed E-state index contributed by atoms with van der Waals surface area (Å²) in [5.74, 6) is 0. The van der Waals surface area contributed by atoms with Gasteiger partial charge in [-0.05, 0) is 13.8 Å². The molecule has 0 aliphatic heterocycles. The van der Waals surface area contributed by atoms with Crippen LogP contribution < -0.4 is 0 Å². The van der Waals surface area contributed by atoms with Gasteiger partial charge < -0.3 is 0 Å². The van der Waals surface area contributed by atoms with Crippen molar-refractivity contribution in [3.63, 3.8) is 0 Å².